The summed E-state index contributed by atoms with van der Waals surface area (Å²) in [4.78, 5) is 6.52. The van der Waals surface area contributed by atoms with E-state index in [1.807, 2.05) is 23.9 Å². The first kappa shape index (κ1) is 16.4. The highest BCUT2D eigenvalue weighted by molar-refractivity contribution is 6.30. The lowest BCUT2D eigenvalue weighted by atomic mass is 9.90. The minimum Gasteiger partial charge on any atom is -0.385 e. The zero-order valence-corrected chi connectivity index (χ0v) is 13.9. The van der Waals surface area contributed by atoms with Crippen LogP contribution in [0.2, 0.25) is 5.02 Å². The van der Waals surface area contributed by atoms with Crippen LogP contribution in [0.5, 0.6) is 0 Å². The topological polar surface area (TPSA) is 41.3 Å². The molecule has 2 aromatic rings. The number of aliphatic hydroxyl groups is 1. The molecule has 2 heterocycles. The van der Waals surface area contributed by atoms with Crippen molar-refractivity contribution in [2.45, 2.75) is 25.5 Å². The van der Waals surface area contributed by atoms with Gasteiger partial charge in [-0.15, -0.1) is 0 Å². The Labute approximate surface area is 140 Å². The zero-order valence-electron chi connectivity index (χ0n) is 13.1. The molecule has 6 heteroatoms. The minimum absolute atomic E-state index is 0.158. The molecule has 0 amide bonds. The number of aliphatic hydroxyl groups excluding tert-OH is 1. The summed E-state index contributed by atoms with van der Waals surface area (Å²) in [6.45, 7) is 2.48. The number of aryl methyl sites for hydroxylation is 1. The Morgan fingerprint density at radius 3 is 2.74 bits per heavy atom. The largest absolute Gasteiger partial charge is 0.385 e. The van der Waals surface area contributed by atoms with Crippen molar-refractivity contribution in [3.8, 4) is 0 Å². The monoisotopic (exact) mass is 337 g/mol. The van der Waals surface area contributed by atoms with Gasteiger partial charge < -0.3 is 9.67 Å². The van der Waals surface area contributed by atoms with E-state index in [-0.39, 0.29) is 16.8 Å². The molecule has 124 valence electrons. The van der Waals surface area contributed by atoms with Crippen LogP contribution in [0, 0.1) is 11.7 Å². The Kier molecular flexibility index (Phi) is 4.99. The summed E-state index contributed by atoms with van der Waals surface area (Å²) in [5.41, 5.74) is 0.926. The number of halogens is 2. The highest BCUT2D eigenvalue weighted by Crippen LogP contribution is 2.30. The molecule has 0 bridgehead atoms. The van der Waals surface area contributed by atoms with Crippen molar-refractivity contribution >= 4 is 11.6 Å². The lowest BCUT2D eigenvalue weighted by Gasteiger charge is -2.34. The maximum absolute atomic E-state index is 13.5. The molecule has 1 fully saturated rings. The summed E-state index contributed by atoms with van der Waals surface area (Å²) in [7, 11) is 1.90. The van der Waals surface area contributed by atoms with Gasteiger partial charge in [0.05, 0.1) is 5.02 Å². The highest BCUT2D eigenvalue weighted by atomic mass is 35.5. The van der Waals surface area contributed by atoms with Gasteiger partial charge in [0.15, 0.2) is 0 Å². The second-order valence-electron chi connectivity index (χ2n) is 6.20. The van der Waals surface area contributed by atoms with Crippen LogP contribution in [0.25, 0.3) is 0 Å². The van der Waals surface area contributed by atoms with Crippen molar-refractivity contribution in [2.75, 3.05) is 13.1 Å². The molecular weight excluding hydrogens is 317 g/mol. The fourth-order valence-corrected chi connectivity index (χ4v) is 3.31. The van der Waals surface area contributed by atoms with Gasteiger partial charge in [-0.05, 0) is 49.5 Å². The molecular formula is C17H21ClFN3O. The number of piperidine rings is 1. The van der Waals surface area contributed by atoms with E-state index >= 15 is 0 Å². The average Bonchev–Trinajstić information content (AvgIpc) is 2.97. The summed E-state index contributed by atoms with van der Waals surface area (Å²) in [6, 6.07) is 4.96. The molecule has 1 aliphatic rings. The molecule has 0 radical (unpaired) electrons. The number of likely N-dealkylation sites (tertiary alicyclic amines) is 1. The van der Waals surface area contributed by atoms with Gasteiger partial charge in [0, 0.05) is 26.0 Å². The van der Waals surface area contributed by atoms with E-state index in [1.165, 1.54) is 6.07 Å². The van der Waals surface area contributed by atoms with Crippen LogP contribution in [0.15, 0.2) is 30.6 Å². The Balaban J connectivity index is 1.56. The van der Waals surface area contributed by atoms with Crippen molar-refractivity contribution in [1.29, 1.82) is 0 Å². The quantitative estimate of drug-likeness (QED) is 0.931. The first-order valence-electron chi connectivity index (χ1n) is 7.86. The first-order valence-corrected chi connectivity index (χ1v) is 8.24. The van der Waals surface area contributed by atoms with Gasteiger partial charge in [0.2, 0.25) is 0 Å². The third kappa shape index (κ3) is 3.74. The van der Waals surface area contributed by atoms with Crippen LogP contribution >= 0.6 is 11.6 Å². The fourth-order valence-electron chi connectivity index (χ4n) is 3.20. The summed E-state index contributed by atoms with van der Waals surface area (Å²) >= 11 is 5.71. The number of hydrogen-bond acceptors (Lipinski definition) is 3. The van der Waals surface area contributed by atoms with Crippen LogP contribution in [0.3, 0.4) is 0 Å². The van der Waals surface area contributed by atoms with E-state index in [1.54, 1.807) is 12.3 Å². The summed E-state index contributed by atoms with van der Waals surface area (Å²) < 4.78 is 15.4. The lowest BCUT2D eigenvalue weighted by molar-refractivity contribution is 0.0492. The first-order chi connectivity index (χ1) is 11.0. The Morgan fingerprint density at radius 2 is 2.13 bits per heavy atom. The number of benzene rings is 1. The molecule has 0 spiro atoms. The van der Waals surface area contributed by atoms with Gasteiger partial charge in [-0.2, -0.15) is 0 Å². The second-order valence-corrected chi connectivity index (χ2v) is 6.61. The molecule has 0 aliphatic carbocycles. The van der Waals surface area contributed by atoms with Crippen molar-refractivity contribution in [1.82, 2.24) is 14.5 Å². The van der Waals surface area contributed by atoms with E-state index in [0.717, 1.165) is 37.3 Å². The number of imidazole rings is 1. The molecule has 1 atom stereocenters. The molecule has 1 aromatic carbocycles. The summed E-state index contributed by atoms with van der Waals surface area (Å²) in [6.07, 6.45) is 4.85. The third-order valence-electron chi connectivity index (χ3n) is 4.59. The van der Waals surface area contributed by atoms with Gasteiger partial charge >= 0.3 is 0 Å². The minimum atomic E-state index is -0.523. The molecule has 1 aliphatic heterocycles. The molecule has 1 N–H and O–H groups in total. The van der Waals surface area contributed by atoms with E-state index < -0.39 is 6.10 Å². The molecule has 3 rings (SSSR count). The Morgan fingerprint density at radius 1 is 1.39 bits per heavy atom. The number of hydrogen-bond donors (Lipinski definition) is 1. The van der Waals surface area contributed by atoms with Gasteiger partial charge in [-0.25, -0.2) is 9.37 Å². The fraction of sp³-hybridized carbons (Fsp3) is 0.471. The zero-order chi connectivity index (χ0) is 16.4. The molecule has 4 nitrogen and oxygen atoms in total. The predicted octanol–water partition coefficient (Wildman–Crippen LogP) is 3.16. The maximum Gasteiger partial charge on any atom is 0.142 e. The number of aromatic nitrogens is 2. The number of rotatable bonds is 4. The maximum atomic E-state index is 13.5. The van der Waals surface area contributed by atoms with Crippen LogP contribution in [-0.4, -0.2) is 32.6 Å². The van der Waals surface area contributed by atoms with Crippen LogP contribution in [0.1, 0.15) is 30.3 Å². The van der Waals surface area contributed by atoms with Gasteiger partial charge in [-0.1, -0.05) is 17.7 Å². The average molecular weight is 338 g/mol. The van der Waals surface area contributed by atoms with E-state index in [9.17, 15) is 9.50 Å². The highest BCUT2D eigenvalue weighted by Gasteiger charge is 2.28. The van der Waals surface area contributed by atoms with Gasteiger partial charge in [0.1, 0.15) is 17.7 Å². The van der Waals surface area contributed by atoms with Crippen LogP contribution in [-0.2, 0) is 13.6 Å². The van der Waals surface area contributed by atoms with Crippen molar-refractivity contribution < 1.29 is 9.50 Å². The van der Waals surface area contributed by atoms with Gasteiger partial charge in [0.25, 0.3) is 0 Å². The third-order valence-corrected chi connectivity index (χ3v) is 4.90. The predicted molar refractivity (Wildman–Crippen MR) is 87.6 cm³/mol. The normalized spacial score (nSPS) is 18.3. The number of nitrogens with zero attached hydrogens (tertiary/aromatic N) is 3. The Hall–Kier alpha value is -1.43. The van der Waals surface area contributed by atoms with Crippen LogP contribution in [0.4, 0.5) is 4.39 Å². The molecule has 23 heavy (non-hydrogen) atoms. The summed E-state index contributed by atoms with van der Waals surface area (Å²) in [5.74, 6) is 0.571. The van der Waals surface area contributed by atoms with Crippen molar-refractivity contribution in [3.63, 3.8) is 0 Å². The second kappa shape index (κ2) is 6.99. The van der Waals surface area contributed by atoms with Crippen molar-refractivity contribution in [3.05, 3.63) is 52.8 Å². The van der Waals surface area contributed by atoms with E-state index in [2.05, 4.69) is 9.88 Å². The van der Waals surface area contributed by atoms with E-state index in [4.69, 9.17) is 11.6 Å². The van der Waals surface area contributed by atoms with Crippen LogP contribution < -0.4 is 0 Å². The molecule has 1 aromatic heterocycles. The lowest BCUT2D eigenvalue weighted by Crippen LogP contribution is -2.35. The Bertz CT molecular complexity index is 668. The summed E-state index contributed by atoms with van der Waals surface area (Å²) in [5, 5.41) is 10.6. The SMILES string of the molecule is Cn1ccnc1[C@H](O)C1CCN(Cc2ccc(Cl)c(F)c2)CC1. The molecule has 0 saturated carbocycles. The standard InChI is InChI=1S/C17H21ClFN3O/c1-21-9-6-20-17(21)16(23)13-4-7-22(8-5-13)11-12-2-3-14(18)15(19)10-12/h2-3,6,9-10,13,16,23H,4-5,7-8,11H2,1H3/t16-/m1/s1. The molecule has 1 saturated heterocycles. The smallest absolute Gasteiger partial charge is 0.142 e. The van der Waals surface area contributed by atoms with E-state index in [0.29, 0.717) is 6.54 Å². The van der Waals surface area contributed by atoms with Crippen molar-refractivity contribution in [2.24, 2.45) is 13.0 Å². The van der Waals surface area contributed by atoms with Gasteiger partial charge in [-0.3, -0.25) is 4.90 Å². The molecule has 0 unspecified atom stereocenters.